The number of hydrogen-bond acceptors (Lipinski definition) is 7. The fourth-order valence-electron chi connectivity index (χ4n) is 2.73. The van der Waals surface area contributed by atoms with Gasteiger partial charge < -0.3 is 0 Å². The van der Waals surface area contributed by atoms with Crippen LogP contribution in [0, 0.1) is 19.9 Å². The molecule has 2 aromatic carbocycles. The Kier molecular flexibility index (Phi) is 7.57. The maximum atomic E-state index is 12.6. The monoisotopic (exact) mass is 490 g/mol. The van der Waals surface area contributed by atoms with Crippen LogP contribution >= 0.6 is 0 Å². The summed E-state index contributed by atoms with van der Waals surface area (Å²) in [5, 5.41) is -0.266. The molecule has 3 aromatic rings. The molecule has 8 nitrogen and oxygen atoms in total. The Hall–Kier alpha value is -2.49. The number of nitrogens with one attached hydrogen (secondary N) is 1. The molecule has 1 aromatic heterocycles. The number of benzene rings is 2. The second-order valence-electron chi connectivity index (χ2n) is 6.30. The van der Waals surface area contributed by atoms with E-state index in [0.29, 0.717) is 5.69 Å². The van der Waals surface area contributed by atoms with Crippen LogP contribution in [0.25, 0.3) is 11.3 Å². The van der Waals surface area contributed by atoms with Crippen molar-refractivity contribution >= 4 is 25.8 Å². The van der Waals surface area contributed by atoms with Crippen molar-refractivity contribution in [2.75, 3.05) is 11.0 Å². The van der Waals surface area contributed by atoms with Gasteiger partial charge in [0.15, 0.2) is 14.9 Å². The average molecular weight is 491 g/mol. The van der Waals surface area contributed by atoms with Gasteiger partial charge in [-0.3, -0.25) is 4.72 Å². The van der Waals surface area contributed by atoms with E-state index >= 15 is 0 Å². The van der Waals surface area contributed by atoms with Crippen LogP contribution in [-0.4, -0.2) is 33.1 Å². The average Bonchev–Trinajstić information content (AvgIpc) is 2.69. The Morgan fingerprint density at radius 2 is 1.60 bits per heavy atom. The summed E-state index contributed by atoms with van der Waals surface area (Å²) in [5.74, 6) is -0.315. The number of anilines is 1. The van der Waals surface area contributed by atoms with Gasteiger partial charge in [-0.2, -0.15) is 30.3 Å². The van der Waals surface area contributed by atoms with Crippen molar-refractivity contribution in [2.45, 2.75) is 23.8 Å². The van der Waals surface area contributed by atoms with E-state index in [0.717, 1.165) is 22.9 Å². The number of sulfone groups is 1. The summed E-state index contributed by atoms with van der Waals surface area (Å²) in [4.78, 5) is 8.14. The van der Waals surface area contributed by atoms with Gasteiger partial charge in [-0.15, -0.1) is 0 Å². The first kappa shape index (κ1) is 23.8. The summed E-state index contributed by atoms with van der Waals surface area (Å²) in [6, 6.07) is 15.4. The second kappa shape index (κ2) is 9.55. The van der Waals surface area contributed by atoms with Crippen LogP contribution in [-0.2, 0) is 39.1 Å². The second-order valence-corrected chi connectivity index (χ2v) is 9.94. The van der Waals surface area contributed by atoms with Gasteiger partial charge in [0.05, 0.1) is 5.69 Å². The Bertz CT molecular complexity index is 1240. The molecule has 0 atom stereocenters. The van der Waals surface area contributed by atoms with Crippen LogP contribution in [0.2, 0.25) is 0 Å². The van der Waals surface area contributed by atoms with E-state index in [-0.39, 0.29) is 15.9 Å². The van der Waals surface area contributed by atoms with Gasteiger partial charge in [-0.1, -0.05) is 18.2 Å². The molecule has 0 unspecified atom stereocenters. The van der Waals surface area contributed by atoms with Crippen molar-refractivity contribution in [3.8, 4) is 11.3 Å². The number of aromatic nitrogens is 2. The molecule has 0 aliphatic carbocycles. The van der Waals surface area contributed by atoms with E-state index in [4.69, 9.17) is 3.90 Å². The first-order valence-electron chi connectivity index (χ1n) is 8.35. The predicted molar refractivity (Wildman–Crippen MR) is 107 cm³/mol. The summed E-state index contributed by atoms with van der Waals surface area (Å²) in [7, 11) is -7.69. The number of aryl methyl sites for hydroxylation is 2. The van der Waals surface area contributed by atoms with E-state index < -0.39 is 19.9 Å². The number of sulfonamides is 1. The Morgan fingerprint density at radius 3 is 2.13 bits per heavy atom. The molecule has 3 rings (SSSR count). The molecule has 0 bridgehead atoms. The number of nitrogens with zero attached hydrogens (tertiary/aromatic N) is 2. The molecule has 1 heterocycles. The van der Waals surface area contributed by atoms with Crippen LogP contribution in [0.4, 0.5) is 5.95 Å². The Labute approximate surface area is 183 Å². The summed E-state index contributed by atoms with van der Waals surface area (Å²) < 4.78 is 59.5. The van der Waals surface area contributed by atoms with Crippen molar-refractivity contribution in [1.29, 1.82) is 0 Å². The van der Waals surface area contributed by atoms with Gasteiger partial charge in [-0.05, 0) is 29.9 Å². The minimum atomic E-state index is -4.00. The zero-order valence-electron chi connectivity index (χ0n) is 16.2. The molecule has 0 fully saturated rings. The minimum absolute atomic E-state index is 0.0306. The van der Waals surface area contributed by atoms with Gasteiger partial charge in [-0.25, -0.2) is 26.8 Å². The molecular formula is C19H18N3NiO5S2-. The first-order valence-corrected chi connectivity index (χ1v) is 12.1. The van der Waals surface area contributed by atoms with Gasteiger partial charge in [0.1, 0.15) is 0 Å². The molecule has 0 saturated carbocycles. The molecule has 162 valence electrons. The van der Waals surface area contributed by atoms with Gasteiger partial charge in [0, 0.05) is 17.9 Å². The molecule has 0 spiro atoms. The quantitative estimate of drug-likeness (QED) is 0.331. The van der Waals surface area contributed by atoms with Crippen molar-refractivity contribution in [3.05, 3.63) is 65.7 Å². The van der Waals surface area contributed by atoms with Crippen LogP contribution in [0.15, 0.2) is 58.5 Å². The molecule has 11 heteroatoms. The van der Waals surface area contributed by atoms with Crippen molar-refractivity contribution in [3.63, 3.8) is 0 Å². The van der Waals surface area contributed by atoms with Gasteiger partial charge in [0.2, 0.25) is 16.0 Å². The van der Waals surface area contributed by atoms with E-state index in [1.165, 1.54) is 24.3 Å². The number of hydrogen-bond donors (Lipinski definition) is 1. The van der Waals surface area contributed by atoms with E-state index in [2.05, 4.69) is 36.1 Å². The van der Waals surface area contributed by atoms with E-state index in [9.17, 15) is 16.8 Å². The van der Waals surface area contributed by atoms with Crippen LogP contribution < -0.4 is 4.72 Å². The zero-order valence-corrected chi connectivity index (χ0v) is 18.8. The maximum absolute atomic E-state index is 12.6. The third-order valence-corrected chi connectivity index (χ3v) is 6.33. The molecule has 0 saturated heterocycles. The van der Waals surface area contributed by atoms with Gasteiger partial charge >= 0.3 is 19.3 Å². The third-order valence-electron chi connectivity index (χ3n) is 4.03. The third kappa shape index (κ3) is 5.56. The summed E-state index contributed by atoms with van der Waals surface area (Å²) in [6.07, 6.45) is 1.01. The van der Waals surface area contributed by atoms with E-state index in [1.54, 1.807) is 6.07 Å². The molecule has 0 aliphatic heterocycles. The topological polar surface area (TPSA) is 123 Å². The van der Waals surface area contributed by atoms with Crippen molar-refractivity contribution < 1.29 is 36.1 Å². The summed E-state index contributed by atoms with van der Waals surface area (Å²) in [5.41, 5.74) is 2.81. The van der Waals surface area contributed by atoms with Crippen LogP contribution in [0.5, 0.6) is 0 Å². The fraction of sp³-hybridized carbons (Fsp3) is 0.158. The molecule has 0 amide bonds. The molecule has 0 radical (unpaired) electrons. The Morgan fingerprint density at radius 1 is 0.967 bits per heavy atom. The van der Waals surface area contributed by atoms with Gasteiger partial charge in [0.25, 0.3) is 0 Å². The predicted octanol–water partition coefficient (Wildman–Crippen LogP) is 2.64. The zero-order chi connectivity index (χ0) is 22.5. The molecule has 0 aliphatic rings. The van der Waals surface area contributed by atoms with Crippen molar-refractivity contribution in [1.82, 2.24) is 9.97 Å². The fourth-order valence-corrected chi connectivity index (χ4v) is 4.24. The summed E-state index contributed by atoms with van der Waals surface area (Å²) >= 11 is 2.62. The molecule has 1 N–H and O–H groups in total. The summed E-state index contributed by atoms with van der Waals surface area (Å²) in [6.45, 7) is 3.74. The van der Waals surface area contributed by atoms with Crippen LogP contribution in [0.3, 0.4) is 0 Å². The molecular weight excluding hydrogens is 473 g/mol. The van der Waals surface area contributed by atoms with Crippen LogP contribution in [0.1, 0.15) is 11.1 Å². The Balaban J connectivity index is 0.00000155. The normalized spacial score (nSPS) is 11.4. The SMILES string of the molecule is Cc1cccc(C)c1-c1cc(S(C)(=O)=O)nc(NS(=O)(=O)c2c[c-]ccc2)n1.[O]=[Ni]. The molecule has 30 heavy (non-hydrogen) atoms. The first-order chi connectivity index (χ1) is 14.1. The number of rotatable bonds is 5. The van der Waals surface area contributed by atoms with E-state index in [1.807, 2.05) is 32.0 Å². The van der Waals surface area contributed by atoms with Crippen molar-refractivity contribution in [2.24, 2.45) is 0 Å². The standard InChI is InChI=1S/C19H18N3O4S2.Ni.O/c1-13-8-7-9-14(2)18(13)16-12-17(27(3,23)24)21-19(20-16)22-28(25,26)15-10-5-4-6-11-15;;/h4-5,7-12H,1-3H3,(H,20,21,22);;/q-1;;.